The lowest BCUT2D eigenvalue weighted by molar-refractivity contribution is 0.0716. The molecule has 0 aliphatic rings. The van der Waals surface area contributed by atoms with Crippen molar-refractivity contribution in [1.29, 1.82) is 0 Å². The van der Waals surface area contributed by atoms with Crippen molar-refractivity contribution in [2.75, 3.05) is 0 Å². The summed E-state index contributed by atoms with van der Waals surface area (Å²) < 4.78 is 93.7. The van der Waals surface area contributed by atoms with Crippen molar-refractivity contribution >= 4 is 83.9 Å². The van der Waals surface area contributed by atoms with E-state index in [1.54, 1.807) is 0 Å². The summed E-state index contributed by atoms with van der Waals surface area (Å²) in [6.45, 7) is 0. The van der Waals surface area contributed by atoms with Crippen LogP contribution in [-0.2, 0) is 10.1 Å². The van der Waals surface area contributed by atoms with Crippen LogP contribution in [0.4, 0.5) is 17.6 Å². The van der Waals surface area contributed by atoms with Gasteiger partial charge in [0, 0.05) is 10.7 Å². The highest BCUT2D eigenvalue weighted by Crippen LogP contribution is 2.33. The summed E-state index contributed by atoms with van der Waals surface area (Å²) in [7, 11) is -5.85. The van der Waals surface area contributed by atoms with Gasteiger partial charge in [0.15, 0.2) is 11.6 Å². The summed E-state index contributed by atoms with van der Waals surface area (Å²) in [5.74, 6) is -12.7. The Balaban J connectivity index is 2.56. The standard InChI is InChI=1S/C13H3F4I3O5S/c14-6-8(16)12(26(22,23)24)9(17)7(15)11(6)25-13(21)3-1-4(18)10(20)5(19)2-3/h1-2H,(H,22,23,24)/p-1. The van der Waals surface area contributed by atoms with Gasteiger partial charge in [-0.2, -0.15) is 8.78 Å². The van der Waals surface area contributed by atoms with E-state index in [0.717, 1.165) is 3.57 Å². The summed E-state index contributed by atoms with van der Waals surface area (Å²) in [5.41, 5.74) is -0.167. The van der Waals surface area contributed by atoms with Crippen LogP contribution in [0.5, 0.6) is 5.75 Å². The molecule has 0 spiro atoms. The van der Waals surface area contributed by atoms with Crippen LogP contribution in [0.2, 0.25) is 0 Å². The van der Waals surface area contributed by atoms with Gasteiger partial charge in [-0.25, -0.2) is 22.0 Å². The van der Waals surface area contributed by atoms with E-state index in [4.69, 9.17) is 0 Å². The number of hydrogen-bond donors (Lipinski definition) is 0. The predicted molar refractivity (Wildman–Crippen MR) is 104 cm³/mol. The maximum Gasteiger partial charge on any atom is 0.343 e. The van der Waals surface area contributed by atoms with Crippen LogP contribution in [0.1, 0.15) is 10.4 Å². The van der Waals surface area contributed by atoms with E-state index in [2.05, 4.69) is 4.74 Å². The number of benzene rings is 2. The van der Waals surface area contributed by atoms with Crippen molar-refractivity contribution in [3.63, 3.8) is 0 Å². The molecule has 0 aromatic heterocycles. The Kier molecular flexibility index (Phi) is 6.77. The second-order valence-electron chi connectivity index (χ2n) is 4.51. The van der Waals surface area contributed by atoms with Gasteiger partial charge in [0.25, 0.3) is 0 Å². The molecule has 5 nitrogen and oxygen atoms in total. The zero-order chi connectivity index (χ0) is 20.0. The number of carbonyl (C=O) groups excluding carboxylic acids is 1. The summed E-state index contributed by atoms with van der Waals surface area (Å²) >= 11 is 5.76. The summed E-state index contributed by atoms with van der Waals surface area (Å²) in [5, 5.41) is 0. The van der Waals surface area contributed by atoms with E-state index in [0.29, 0.717) is 7.14 Å². The third-order valence-electron chi connectivity index (χ3n) is 2.85. The minimum absolute atomic E-state index is 0.167. The quantitative estimate of drug-likeness (QED) is 0.0903. The minimum Gasteiger partial charge on any atom is -0.744 e. The largest absolute Gasteiger partial charge is 0.744 e. The second-order valence-corrected chi connectivity index (χ2v) is 9.23. The van der Waals surface area contributed by atoms with Crippen molar-refractivity contribution in [2.45, 2.75) is 4.90 Å². The molecule has 0 saturated heterocycles. The van der Waals surface area contributed by atoms with Crippen molar-refractivity contribution in [2.24, 2.45) is 0 Å². The highest BCUT2D eigenvalue weighted by Gasteiger charge is 2.31. The van der Waals surface area contributed by atoms with Crippen LogP contribution in [0.15, 0.2) is 17.0 Å². The molecule has 0 heterocycles. The molecule has 0 unspecified atom stereocenters. The fourth-order valence-corrected chi connectivity index (χ4v) is 4.42. The highest BCUT2D eigenvalue weighted by molar-refractivity contribution is 14.1. The average molecular weight is 727 g/mol. The highest BCUT2D eigenvalue weighted by atomic mass is 127. The van der Waals surface area contributed by atoms with E-state index < -0.39 is 50.0 Å². The van der Waals surface area contributed by atoms with Gasteiger partial charge < -0.3 is 9.29 Å². The number of halogens is 7. The average Bonchev–Trinajstić information content (AvgIpc) is 2.53. The van der Waals surface area contributed by atoms with Gasteiger partial charge >= 0.3 is 5.97 Å². The van der Waals surface area contributed by atoms with Crippen LogP contribution < -0.4 is 4.74 Å². The van der Waals surface area contributed by atoms with Gasteiger partial charge in [-0.3, -0.25) is 0 Å². The summed E-state index contributed by atoms with van der Waals surface area (Å²) in [6.07, 6.45) is 0. The summed E-state index contributed by atoms with van der Waals surface area (Å²) in [4.78, 5) is 9.72. The predicted octanol–water partition coefficient (Wildman–Crippen LogP) is 4.18. The number of rotatable bonds is 3. The van der Waals surface area contributed by atoms with E-state index in [9.17, 15) is 35.3 Å². The van der Waals surface area contributed by atoms with E-state index >= 15 is 0 Å². The van der Waals surface area contributed by atoms with Crippen LogP contribution in [0.3, 0.4) is 0 Å². The Labute approximate surface area is 184 Å². The Hall–Kier alpha value is -0.270. The molecule has 2 rings (SSSR count). The molecule has 0 bridgehead atoms. The first kappa shape index (κ1) is 22.0. The Morgan fingerprint density at radius 2 is 1.35 bits per heavy atom. The molecule has 0 saturated carbocycles. The van der Waals surface area contributed by atoms with Crippen molar-refractivity contribution in [3.8, 4) is 5.75 Å². The molecule has 0 aliphatic heterocycles. The van der Waals surface area contributed by atoms with Crippen molar-refractivity contribution in [3.05, 3.63) is 51.7 Å². The maximum absolute atomic E-state index is 13.9. The number of ether oxygens (including phenoxy) is 1. The maximum atomic E-state index is 13.9. The van der Waals surface area contributed by atoms with E-state index in [1.165, 1.54) is 12.1 Å². The molecular formula is C13H2F4I3O5S-. The molecule has 0 aliphatic carbocycles. The van der Waals surface area contributed by atoms with Gasteiger partial charge in [-0.1, -0.05) is 0 Å². The molecule has 2 aromatic rings. The second kappa shape index (κ2) is 8.00. The SMILES string of the molecule is O=C(Oc1c(F)c(F)c(S(=O)(=O)[O-])c(F)c1F)c1cc(I)c(I)c(I)c1. The lowest BCUT2D eigenvalue weighted by Crippen LogP contribution is -2.16. The molecule has 140 valence electrons. The van der Waals surface area contributed by atoms with Crippen molar-refractivity contribution in [1.82, 2.24) is 0 Å². The van der Waals surface area contributed by atoms with Crippen LogP contribution in [-0.4, -0.2) is 18.9 Å². The van der Waals surface area contributed by atoms with E-state index in [-0.39, 0.29) is 5.56 Å². The molecular weight excluding hydrogens is 725 g/mol. The molecule has 0 N–H and O–H groups in total. The van der Waals surface area contributed by atoms with Gasteiger partial charge in [0.2, 0.25) is 17.4 Å². The monoisotopic (exact) mass is 727 g/mol. The topological polar surface area (TPSA) is 83.5 Å². The third kappa shape index (κ3) is 4.25. The van der Waals surface area contributed by atoms with Crippen molar-refractivity contribution < 1.29 is 40.1 Å². The Morgan fingerprint density at radius 3 is 1.73 bits per heavy atom. The first-order valence-corrected chi connectivity index (χ1v) is 10.7. The molecule has 0 radical (unpaired) electrons. The molecule has 13 heteroatoms. The van der Waals surface area contributed by atoms with Crippen LogP contribution in [0.25, 0.3) is 0 Å². The Morgan fingerprint density at radius 1 is 0.923 bits per heavy atom. The van der Waals surface area contributed by atoms with Gasteiger partial charge in [-0.15, -0.1) is 0 Å². The normalized spacial score (nSPS) is 11.5. The number of carbonyl (C=O) groups is 1. The molecule has 0 fully saturated rings. The van der Waals surface area contributed by atoms with Gasteiger partial charge in [-0.05, 0) is 79.9 Å². The fraction of sp³-hybridized carbons (Fsp3) is 0. The van der Waals surface area contributed by atoms with Crippen LogP contribution >= 0.6 is 67.8 Å². The van der Waals surface area contributed by atoms with Gasteiger partial charge in [0.05, 0.1) is 5.56 Å². The van der Waals surface area contributed by atoms with Gasteiger partial charge in [0.1, 0.15) is 15.0 Å². The number of hydrogen-bond acceptors (Lipinski definition) is 5. The molecule has 26 heavy (non-hydrogen) atoms. The number of esters is 1. The molecule has 2 aromatic carbocycles. The first-order chi connectivity index (χ1) is 11.9. The smallest absolute Gasteiger partial charge is 0.343 e. The lowest BCUT2D eigenvalue weighted by atomic mass is 10.2. The van der Waals surface area contributed by atoms with E-state index in [1.807, 2.05) is 67.8 Å². The lowest BCUT2D eigenvalue weighted by Gasteiger charge is -2.14. The third-order valence-corrected chi connectivity index (χ3v) is 8.63. The zero-order valence-electron chi connectivity index (χ0n) is 11.7. The summed E-state index contributed by atoms with van der Waals surface area (Å²) in [6, 6.07) is 2.62. The molecule has 0 atom stereocenters. The fourth-order valence-electron chi connectivity index (χ4n) is 1.73. The Bertz CT molecular complexity index is 991. The zero-order valence-corrected chi connectivity index (χ0v) is 19.0. The molecule has 0 amide bonds. The first-order valence-electron chi connectivity index (χ1n) is 6.04. The van der Waals surface area contributed by atoms with Crippen LogP contribution in [0, 0.1) is 34.0 Å². The minimum atomic E-state index is -5.85.